The molecule has 0 aliphatic rings. The smallest absolute Gasteiger partial charge is 0.128 e. The Morgan fingerprint density at radius 2 is 1.27 bits per heavy atom. The van der Waals surface area contributed by atoms with Gasteiger partial charge in [-0.2, -0.15) is 0 Å². The van der Waals surface area contributed by atoms with E-state index in [1.165, 1.54) is 21.3 Å². The highest BCUT2D eigenvalue weighted by molar-refractivity contribution is 8.01. The highest BCUT2D eigenvalue weighted by Gasteiger charge is 2.38. The molecule has 0 saturated heterocycles. The van der Waals surface area contributed by atoms with Crippen LogP contribution in [0.1, 0.15) is 6.92 Å². The van der Waals surface area contributed by atoms with Crippen molar-refractivity contribution in [3.63, 3.8) is 0 Å². The molecule has 0 radical (unpaired) electrons. The van der Waals surface area contributed by atoms with Crippen LogP contribution in [0.5, 0.6) is 0 Å². The average molecular weight is 375 g/mol. The van der Waals surface area contributed by atoms with Crippen LogP contribution in [0.25, 0.3) is 0 Å². The van der Waals surface area contributed by atoms with Crippen LogP contribution in [0.3, 0.4) is 0 Å². The maximum absolute atomic E-state index is 4.07. The fourth-order valence-corrected chi connectivity index (χ4v) is 11.0. The number of rotatable bonds is 8. The summed E-state index contributed by atoms with van der Waals surface area (Å²) in [6, 6.07) is 34.3. The predicted molar refractivity (Wildman–Crippen MR) is 119 cm³/mol. The Balaban J connectivity index is 2.06. The molecule has 0 bridgehead atoms. The highest BCUT2D eigenvalue weighted by atomic mass is 32.2. The summed E-state index contributed by atoms with van der Waals surface area (Å²) in [5.74, 6) is 0.499. The minimum atomic E-state index is -1.92. The van der Waals surface area contributed by atoms with Gasteiger partial charge in [0.2, 0.25) is 0 Å². The van der Waals surface area contributed by atoms with E-state index in [1.54, 1.807) is 0 Å². The molecule has 0 aliphatic heterocycles. The van der Waals surface area contributed by atoms with Crippen molar-refractivity contribution >= 4 is 30.2 Å². The largest absolute Gasteiger partial charge is 0.128 e. The average Bonchev–Trinajstić information content (AvgIpc) is 2.73. The van der Waals surface area contributed by atoms with E-state index in [4.69, 9.17) is 0 Å². The van der Waals surface area contributed by atoms with Crippen molar-refractivity contribution in [1.82, 2.24) is 0 Å². The first-order valence-electron chi connectivity index (χ1n) is 9.16. The summed E-state index contributed by atoms with van der Waals surface area (Å²) >= 11 is 2.00. The summed E-state index contributed by atoms with van der Waals surface area (Å²) in [6.07, 6.45) is 2.11. The van der Waals surface area contributed by atoms with Crippen molar-refractivity contribution in [3.8, 4) is 0 Å². The summed E-state index contributed by atoms with van der Waals surface area (Å²) in [6.45, 7) is 6.37. The van der Waals surface area contributed by atoms with Gasteiger partial charge in [0.05, 0.1) is 0 Å². The van der Waals surface area contributed by atoms with Gasteiger partial charge in [-0.25, -0.2) is 0 Å². The van der Waals surface area contributed by atoms with Gasteiger partial charge in [0.1, 0.15) is 8.07 Å². The third-order valence-corrected chi connectivity index (χ3v) is 12.3. The van der Waals surface area contributed by atoms with Crippen LogP contribution in [-0.2, 0) is 0 Å². The third-order valence-electron chi connectivity index (χ3n) is 4.95. The molecule has 0 fully saturated rings. The molecule has 0 N–H and O–H groups in total. The van der Waals surface area contributed by atoms with Crippen LogP contribution < -0.4 is 10.4 Å². The van der Waals surface area contributed by atoms with E-state index in [9.17, 15) is 0 Å². The lowest BCUT2D eigenvalue weighted by Gasteiger charge is -2.34. The lowest BCUT2D eigenvalue weighted by Crippen LogP contribution is -2.61. The molecule has 0 aliphatic carbocycles. The lowest BCUT2D eigenvalue weighted by molar-refractivity contribution is 0.818. The number of allylic oxidation sites excluding steroid dienone is 1. The molecule has 1 atom stereocenters. The van der Waals surface area contributed by atoms with Crippen LogP contribution >= 0.6 is 11.8 Å². The van der Waals surface area contributed by atoms with Crippen molar-refractivity contribution in [1.29, 1.82) is 0 Å². The van der Waals surface area contributed by atoms with Gasteiger partial charge in [0.15, 0.2) is 0 Å². The molecule has 0 amide bonds. The molecule has 3 rings (SSSR count). The highest BCUT2D eigenvalue weighted by Crippen LogP contribution is 2.27. The van der Waals surface area contributed by atoms with Gasteiger partial charge in [-0.3, -0.25) is 0 Å². The first kappa shape index (κ1) is 18.7. The minimum Gasteiger partial charge on any atom is -0.128 e. The van der Waals surface area contributed by atoms with E-state index >= 15 is 0 Å². The van der Waals surface area contributed by atoms with E-state index in [2.05, 4.69) is 111 Å². The van der Waals surface area contributed by atoms with Crippen molar-refractivity contribution in [3.05, 3.63) is 104 Å². The SMILES string of the molecule is C=CC(C)C[Si](CSc1ccccc1)(c1ccccc1)c1ccccc1. The second-order valence-corrected chi connectivity index (χ2v) is 12.5. The lowest BCUT2D eigenvalue weighted by atomic mass is 10.2. The molecule has 0 saturated carbocycles. The van der Waals surface area contributed by atoms with E-state index in [-0.39, 0.29) is 0 Å². The Labute approximate surface area is 163 Å². The molecular weight excluding hydrogens is 348 g/mol. The topological polar surface area (TPSA) is 0 Å². The Kier molecular flexibility index (Phi) is 6.54. The summed E-state index contributed by atoms with van der Waals surface area (Å²) in [5, 5.41) is 4.18. The second kappa shape index (κ2) is 9.06. The van der Waals surface area contributed by atoms with Crippen LogP contribution in [0.4, 0.5) is 0 Å². The second-order valence-electron chi connectivity index (χ2n) is 6.83. The molecule has 0 heterocycles. The van der Waals surface area contributed by atoms with Crippen LogP contribution in [0.15, 0.2) is 109 Å². The van der Waals surface area contributed by atoms with Gasteiger partial charge in [-0.05, 0) is 24.1 Å². The van der Waals surface area contributed by atoms with E-state index in [0.29, 0.717) is 5.92 Å². The molecular formula is C24H26SSi. The zero-order valence-electron chi connectivity index (χ0n) is 15.3. The number of benzene rings is 3. The first-order chi connectivity index (χ1) is 12.7. The monoisotopic (exact) mass is 374 g/mol. The summed E-state index contributed by atoms with van der Waals surface area (Å²) in [7, 11) is -1.92. The summed E-state index contributed by atoms with van der Waals surface area (Å²) in [5.41, 5.74) is 0. The zero-order valence-corrected chi connectivity index (χ0v) is 17.2. The van der Waals surface area contributed by atoms with E-state index in [0.717, 1.165) is 5.38 Å². The molecule has 0 spiro atoms. The van der Waals surface area contributed by atoms with Crippen LogP contribution in [0.2, 0.25) is 6.04 Å². The predicted octanol–water partition coefficient (Wildman–Crippen LogP) is 5.40. The Morgan fingerprint density at radius 3 is 1.73 bits per heavy atom. The fraction of sp³-hybridized carbons (Fsp3) is 0.167. The van der Waals surface area contributed by atoms with Crippen molar-refractivity contribution in [2.45, 2.75) is 17.9 Å². The molecule has 2 heteroatoms. The molecule has 1 unspecified atom stereocenters. The van der Waals surface area contributed by atoms with Crippen molar-refractivity contribution < 1.29 is 0 Å². The van der Waals surface area contributed by atoms with Gasteiger partial charge in [-0.15, -0.1) is 18.3 Å². The maximum Gasteiger partial charge on any atom is 0.128 e. The normalized spacial score (nSPS) is 12.5. The molecule has 3 aromatic carbocycles. The van der Waals surface area contributed by atoms with Gasteiger partial charge in [0, 0.05) is 10.3 Å². The maximum atomic E-state index is 4.07. The quantitative estimate of drug-likeness (QED) is 0.289. The molecule has 0 nitrogen and oxygen atoms in total. The van der Waals surface area contributed by atoms with Gasteiger partial charge in [-0.1, -0.05) is 102 Å². The summed E-state index contributed by atoms with van der Waals surface area (Å²) < 4.78 is 0. The Bertz CT molecular complexity index is 760. The van der Waals surface area contributed by atoms with Crippen molar-refractivity contribution in [2.75, 3.05) is 5.38 Å². The minimum absolute atomic E-state index is 0.499. The van der Waals surface area contributed by atoms with Gasteiger partial charge >= 0.3 is 0 Å². The summed E-state index contributed by atoms with van der Waals surface area (Å²) in [4.78, 5) is 1.35. The molecule has 3 aromatic rings. The standard InChI is InChI=1S/C24H26SSi/c1-3-21(2)19-26(23-15-9-5-10-16-23,24-17-11-6-12-18-24)20-25-22-13-7-4-8-14-22/h3-18,21H,1,19-20H2,2H3. The van der Waals surface area contributed by atoms with Crippen LogP contribution in [0, 0.1) is 5.92 Å². The number of hydrogen-bond donors (Lipinski definition) is 0. The third kappa shape index (κ3) is 4.38. The molecule has 0 aromatic heterocycles. The Hall–Kier alpha value is -2.03. The van der Waals surface area contributed by atoms with E-state index in [1.807, 2.05) is 11.8 Å². The Morgan fingerprint density at radius 1 is 0.808 bits per heavy atom. The van der Waals surface area contributed by atoms with Gasteiger partial charge < -0.3 is 0 Å². The molecule has 132 valence electrons. The van der Waals surface area contributed by atoms with Crippen LogP contribution in [-0.4, -0.2) is 13.5 Å². The van der Waals surface area contributed by atoms with Crippen molar-refractivity contribution in [2.24, 2.45) is 5.92 Å². The number of thioether (sulfide) groups is 1. The van der Waals surface area contributed by atoms with E-state index < -0.39 is 8.07 Å². The number of hydrogen-bond acceptors (Lipinski definition) is 1. The zero-order chi connectivity index (χ0) is 18.2. The first-order valence-corrected chi connectivity index (χ1v) is 12.6. The van der Waals surface area contributed by atoms with Gasteiger partial charge in [0.25, 0.3) is 0 Å². The fourth-order valence-electron chi connectivity index (χ4n) is 3.50. The molecule has 26 heavy (non-hydrogen) atoms.